The van der Waals surface area contributed by atoms with Crippen LogP contribution in [-0.2, 0) is 0 Å². The number of carbonyl (C=O) groups is 1. The van der Waals surface area contributed by atoms with Gasteiger partial charge in [0.2, 0.25) is 0 Å². The van der Waals surface area contributed by atoms with Crippen molar-refractivity contribution in [2.45, 2.75) is 6.92 Å². The maximum absolute atomic E-state index is 13.4. The lowest BCUT2D eigenvalue weighted by Gasteiger charge is -2.08. The highest BCUT2D eigenvalue weighted by Crippen LogP contribution is 2.19. The Labute approximate surface area is 126 Å². The number of halogens is 3. The second-order valence-corrected chi connectivity index (χ2v) is 5.52. The van der Waals surface area contributed by atoms with Gasteiger partial charge >= 0.3 is 0 Å². The Kier molecular flexibility index (Phi) is 4.31. The van der Waals surface area contributed by atoms with E-state index in [1.54, 1.807) is 25.1 Å². The molecule has 0 aliphatic carbocycles. The Hall–Kier alpha value is -1.27. The summed E-state index contributed by atoms with van der Waals surface area (Å²) in [5.74, 6) is -0.850. The number of nitrogens with one attached hydrogen (secondary N) is 1. The number of anilines is 1. The first-order valence-corrected chi connectivity index (χ1v) is 6.95. The average Bonchev–Trinajstić information content (AvgIpc) is 2.36. The molecule has 1 N–H and O–H groups in total. The molecule has 0 unspecified atom stereocenters. The lowest BCUT2D eigenvalue weighted by Crippen LogP contribution is -2.13. The summed E-state index contributed by atoms with van der Waals surface area (Å²) in [6.07, 6.45) is 0. The molecule has 1 heterocycles. The lowest BCUT2D eigenvalue weighted by molar-refractivity contribution is 0.102. The number of aromatic nitrogens is 1. The molecule has 1 amide bonds. The second-order valence-electron chi connectivity index (χ2n) is 3.85. The maximum atomic E-state index is 13.4. The lowest BCUT2D eigenvalue weighted by atomic mass is 10.2. The number of amides is 1. The summed E-state index contributed by atoms with van der Waals surface area (Å²) < 4.78 is 14.4. The Morgan fingerprint density at radius 2 is 2.00 bits per heavy atom. The van der Waals surface area contributed by atoms with Crippen LogP contribution in [0, 0.1) is 12.7 Å². The number of carbonyl (C=O) groups excluding carboxylic acids is 1. The van der Waals surface area contributed by atoms with Crippen molar-refractivity contribution < 1.29 is 9.18 Å². The SMILES string of the molecule is Cc1nc(Br)ccc1NC(=O)c1ccc(Br)c(F)c1. The number of rotatable bonds is 2. The molecule has 3 nitrogen and oxygen atoms in total. The average molecular weight is 388 g/mol. The number of nitrogens with zero attached hydrogens (tertiary/aromatic N) is 1. The van der Waals surface area contributed by atoms with E-state index in [0.717, 1.165) is 0 Å². The van der Waals surface area contributed by atoms with Gasteiger partial charge in [-0.05, 0) is 69.1 Å². The van der Waals surface area contributed by atoms with Gasteiger partial charge in [0.15, 0.2) is 0 Å². The molecule has 6 heteroatoms. The zero-order valence-corrected chi connectivity index (χ0v) is 13.0. The van der Waals surface area contributed by atoms with Crippen molar-refractivity contribution in [3.8, 4) is 0 Å². The summed E-state index contributed by atoms with van der Waals surface area (Å²) in [6, 6.07) is 7.69. The van der Waals surface area contributed by atoms with Crippen LogP contribution in [0.5, 0.6) is 0 Å². The topological polar surface area (TPSA) is 42.0 Å². The highest BCUT2D eigenvalue weighted by molar-refractivity contribution is 9.10. The van der Waals surface area contributed by atoms with Gasteiger partial charge < -0.3 is 5.32 Å². The van der Waals surface area contributed by atoms with E-state index in [-0.39, 0.29) is 11.5 Å². The van der Waals surface area contributed by atoms with Crippen LogP contribution in [0.2, 0.25) is 0 Å². The van der Waals surface area contributed by atoms with Crippen LogP contribution in [0.3, 0.4) is 0 Å². The van der Waals surface area contributed by atoms with Crippen LogP contribution < -0.4 is 5.32 Å². The summed E-state index contributed by atoms with van der Waals surface area (Å²) in [5.41, 5.74) is 1.53. The molecule has 98 valence electrons. The smallest absolute Gasteiger partial charge is 0.255 e. The monoisotopic (exact) mass is 386 g/mol. The van der Waals surface area contributed by atoms with E-state index in [1.807, 2.05) is 0 Å². The molecule has 0 spiro atoms. The Morgan fingerprint density at radius 1 is 1.26 bits per heavy atom. The van der Waals surface area contributed by atoms with Crippen LogP contribution in [0.15, 0.2) is 39.4 Å². The van der Waals surface area contributed by atoms with Gasteiger partial charge in [0.05, 0.1) is 15.9 Å². The zero-order chi connectivity index (χ0) is 14.0. The van der Waals surface area contributed by atoms with E-state index < -0.39 is 5.82 Å². The van der Waals surface area contributed by atoms with Crippen molar-refractivity contribution in [2.24, 2.45) is 0 Å². The molecule has 1 aromatic heterocycles. The molecule has 0 saturated heterocycles. The van der Waals surface area contributed by atoms with Crippen LogP contribution in [0.25, 0.3) is 0 Å². The predicted molar refractivity (Wildman–Crippen MR) is 78.7 cm³/mol. The van der Waals surface area contributed by atoms with Gasteiger partial charge in [0.1, 0.15) is 10.4 Å². The maximum Gasteiger partial charge on any atom is 0.255 e. The fourth-order valence-electron chi connectivity index (χ4n) is 1.49. The van der Waals surface area contributed by atoms with Crippen molar-refractivity contribution in [2.75, 3.05) is 5.32 Å². The molecule has 0 bridgehead atoms. The highest BCUT2D eigenvalue weighted by Gasteiger charge is 2.10. The molecular formula is C13H9Br2FN2O. The van der Waals surface area contributed by atoms with Gasteiger partial charge in [-0.15, -0.1) is 0 Å². The molecule has 0 radical (unpaired) electrons. The summed E-state index contributed by atoms with van der Waals surface area (Å²) >= 11 is 6.29. The number of aryl methyl sites for hydroxylation is 1. The van der Waals surface area contributed by atoms with Crippen LogP contribution >= 0.6 is 31.9 Å². The van der Waals surface area contributed by atoms with Crippen molar-refractivity contribution >= 4 is 43.5 Å². The Morgan fingerprint density at radius 3 is 2.63 bits per heavy atom. The van der Waals surface area contributed by atoms with Crippen molar-refractivity contribution in [1.29, 1.82) is 0 Å². The minimum atomic E-state index is -0.474. The third-order valence-electron chi connectivity index (χ3n) is 2.48. The second kappa shape index (κ2) is 5.79. The molecule has 0 atom stereocenters. The first-order chi connectivity index (χ1) is 8.97. The molecule has 1 aromatic carbocycles. The number of hydrogen-bond donors (Lipinski definition) is 1. The fraction of sp³-hybridized carbons (Fsp3) is 0.0769. The third-order valence-corrected chi connectivity index (χ3v) is 3.57. The van der Waals surface area contributed by atoms with Crippen LogP contribution in [0.1, 0.15) is 16.1 Å². The normalized spacial score (nSPS) is 10.3. The van der Waals surface area contributed by atoms with Gasteiger partial charge in [0, 0.05) is 5.56 Å². The number of benzene rings is 1. The van der Waals surface area contributed by atoms with Gasteiger partial charge in [-0.1, -0.05) is 0 Å². The van der Waals surface area contributed by atoms with Gasteiger partial charge in [-0.2, -0.15) is 0 Å². The van der Waals surface area contributed by atoms with E-state index in [4.69, 9.17) is 0 Å². The molecule has 0 aliphatic rings. The highest BCUT2D eigenvalue weighted by atomic mass is 79.9. The fourth-order valence-corrected chi connectivity index (χ4v) is 2.14. The predicted octanol–water partition coefficient (Wildman–Crippen LogP) is 4.31. The molecule has 0 aliphatic heterocycles. The van der Waals surface area contributed by atoms with Gasteiger partial charge in [0.25, 0.3) is 5.91 Å². The van der Waals surface area contributed by atoms with E-state index in [2.05, 4.69) is 42.2 Å². The van der Waals surface area contributed by atoms with E-state index in [0.29, 0.717) is 20.5 Å². The minimum Gasteiger partial charge on any atom is -0.320 e. The van der Waals surface area contributed by atoms with E-state index in [1.165, 1.54) is 12.1 Å². The molecule has 2 aromatic rings. The summed E-state index contributed by atoms with van der Waals surface area (Å²) in [5, 5.41) is 2.70. The quantitative estimate of drug-likeness (QED) is 0.780. The standard InChI is InChI=1S/C13H9Br2FN2O/c1-7-11(4-5-12(15)17-7)18-13(19)8-2-3-9(14)10(16)6-8/h2-6H,1H3,(H,18,19). The first-order valence-electron chi connectivity index (χ1n) is 5.37. The Bertz CT molecular complexity index is 647. The van der Waals surface area contributed by atoms with E-state index in [9.17, 15) is 9.18 Å². The zero-order valence-electron chi connectivity index (χ0n) is 9.88. The third kappa shape index (κ3) is 3.39. The summed E-state index contributed by atoms with van der Waals surface area (Å²) in [4.78, 5) is 16.2. The number of hydrogen-bond acceptors (Lipinski definition) is 2. The molecule has 0 fully saturated rings. The number of pyridine rings is 1. The largest absolute Gasteiger partial charge is 0.320 e. The van der Waals surface area contributed by atoms with Gasteiger partial charge in [-0.25, -0.2) is 9.37 Å². The van der Waals surface area contributed by atoms with Crippen molar-refractivity contribution in [1.82, 2.24) is 4.98 Å². The molecule has 2 rings (SSSR count). The van der Waals surface area contributed by atoms with Crippen LogP contribution in [0.4, 0.5) is 10.1 Å². The Balaban J connectivity index is 2.23. The first kappa shape index (κ1) is 14.1. The van der Waals surface area contributed by atoms with Crippen molar-refractivity contribution in [3.05, 3.63) is 56.5 Å². The van der Waals surface area contributed by atoms with Crippen molar-refractivity contribution in [3.63, 3.8) is 0 Å². The minimum absolute atomic E-state index is 0.253. The molecular weight excluding hydrogens is 379 g/mol. The van der Waals surface area contributed by atoms with E-state index >= 15 is 0 Å². The molecule has 19 heavy (non-hydrogen) atoms. The summed E-state index contributed by atoms with van der Waals surface area (Å²) in [7, 11) is 0. The van der Waals surface area contributed by atoms with Gasteiger partial charge in [-0.3, -0.25) is 4.79 Å². The van der Waals surface area contributed by atoms with Crippen LogP contribution in [-0.4, -0.2) is 10.9 Å². The molecule has 0 saturated carbocycles. The summed E-state index contributed by atoms with van der Waals surface area (Å²) in [6.45, 7) is 1.78.